The zero-order valence-electron chi connectivity index (χ0n) is 12.7. The Morgan fingerprint density at radius 2 is 1.86 bits per heavy atom. The zero-order chi connectivity index (χ0) is 15.2. The zero-order valence-corrected chi connectivity index (χ0v) is 12.7. The summed E-state index contributed by atoms with van der Waals surface area (Å²) in [6.45, 7) is 3.27. The average Bonchev–Trinajstić information content (AvgIpc) is 2.99. The van der Waals surface area contributed by atoms with Crippen molar-refractivity contribution in [2.45, 2.75) is 57.5 Å². The summed E-state index contributed by atoms with van der Waals surface area (Å²) < 4.78 is 5.34. The molecule has 2 rings (SSSR count). The van der Waals surface area contributed by atoms with Gasteiger partial charge in [0.25, 0.3) is 0 Å². The first-order valence-corrected chi connectivity index (χ1v) is 7.94. The Morgan fingerprint density at radius 1 is 1.24 bits per heavy atom. The number of carboxylic acid groups (broad SMARTS) is 1. The Hall–Kier alpha value is -1.30. The number of hydrogen-bond donors (Lipinski definition) is 2. The van der Waals surface area contributed by atoms with Gasteiger partial charge in [0.2, 0.25) is 0 Å². The summed E-state index contributed by atoms with van der Waals surface area (Å²) in [5.41, 5.74) is 0. The molecule has 2 aliphatic rings. The number of rotatable bonds is 5. The van der Waals surface area contributed by atoms with Crippen molar-refractivity contribution < 1.29 is 19.4 Å². The van der Waals surface area contributed by atoms with Crippen LogP contribution in [-0.2, 0) is 9.53 Å². The van der Waals surface area contributed by atoms with Crippen LogP contribution in [0.25, 0.3) is 0 Å². The van der Waals surface area contributed by atoms with Crippen molar-refractivity contribution in [3.63, 3.8) is 0 Å². The van der Waals surface area contributed by atoms with Crippen LogP contribution < -0.4 is 5.32 Å². The maximum Gasteiger partial charge on any atom is 0.323 e. The summed E-state index contributed by atoms with van der Waals surface area (Å²) in [5.74, 6) is -0.534. The van der Waals surface area contributed by atoms with Crippen LogP contribution in [-0.4, -0.2) is 53.8 Å². The van der Waals surface area contributed by atoms with Crippen molar-refractivity contribution in [1.82, 2.24) is 10.2 Å². The van der Waals surface area contributed by atoms with E-state index < -0.39 is 5.97 Å². The van der Waals surface area contributed by atoms with E-state index in [0.717, 1.165) is 51.7 Å². The summed E-state index contributed by atoms with van der Waals surface area (Å²) in [6, 6.07) is -0.106. The third kappa shape index (κ3) is 4.59. The van der Waals surface area contributed by atoms with Gasteiger partial charge in [0.05, 0.1) is 0 Å². The number of ether oxygens (including phenoxy) is 1. The number of aliphatic carboxylic acids is 1. The van der Waals surface area contributed by atoms with Crippen LogP contribution in [0.5, 0.6) is 0 Å². The van der Waals surface area contributed by atoms with Gasteiger partial charge in [-0.25, -0.2) is 4.79 Å². The molecule has 21 heavy (non-hydrogen) atoms. The summed E-state index contributed by atoms with van der Waals surface area (Å²) in [5, 5.41) is 12.0. The van der Waals surface area contributed by atoms with Crippen molar-refractivity contribution in [3.05, 3.63) is 0 Å². The first-order chi connectivity index (χ1) is 10.1. The molecular weight excluding hydrogens is 272 g/mol. The minimum Gasteiger partial charge on any atom is -0.480 e. The molecule has 1 saturated carbocycles. The standard InChI is InChI=1S/C15H26N2O4/c1-11(12-6-8-21-9-7-12)16-15(20)17(10-14(18)19)13-4-2-3-5-13/h11-13H,2-10H2,1H3,(H,16,20)(H,18,19). The molecule has 6 nitrogen and oxygen atoms in total. The summed E-state index contributed by atoms with van der Waals surface area (Å²) >= 11 is 0. The van der Waals surface area contributed by atoms with Gasteiger partial charge in [-0.2, -0.15) is 0 Å². The van der Waals surface area contributed by atoms with Crippen molar-refractivity contribution in [3.8, 4) is 0 Å². The molecule has 1 aliphatic heterocycles. The van der Waals surface area contributed by atoms with Crippen LogP contribution >= 0.6 is 0 Å². The molecule has 2 amide bonds. The lowest BCUT2D eigenvalue weighted by Gasteiger charge is -2.32. The monoisotopic (exact) mass is 298 g/mol. The molecule has 120 valence electrons. The average molecular weight is 298 g/mol. The normalized spacial score (nSPS) is 22.0. The van der Waals surface area contributed by atoms with Gasteiger partial charge in [-0.05, 0) is 38.5 Å². The van der Waals surface area contributed by atoms with Gasteiger partial charge >= 0.3 is 12.0 Å². The van der Waals surface area contributed by atoms with Crippen LogP contribution in [0.3, 0.4) is 0 Å². The number of carbonyl (C=O) groups excluding carboxylic acids is 1. The number of urea groups is 1. The quantitative estimate of drug-likeness (QED) is 0.811. The van der Waals surface area contributed by atoms with E-state index in [0.29, 0.717) is 5.92 Å². The van der Waals surface area contributed by atoms with E-state index in [1.807, 2.05) is 6.92 Å². The fourth-order valence-corrected chi connectivity index (χ4v) is 3.34. The molecule has 0 aromatic rings. The van der Waals surface area contributed by atoms with E-state index >= 15 is 0 Å². The summed E-state index contributed by atoms with van der Waals surface area (Å²) in [4.78, 5) is 25.0. The molecular formula is C15H26N2O4. The Labute approximate surface area is 125 Å². The molecule has 2 fully saturated rings. The fraction of sp³-hybridized carbons (Fsp3) is 0.867. The highest BCUT2D eigenvalue weighted by atomic mass is 16.5. The van der Waals surface area contributed by atoms with Crippen molar-refractivity contribution >= 4 is 12.0 Å². The van der Waals surface area contributed by atoms with Crippen LogP contribution in [0.1, 0.15) is 45.4 Å². The molecule has 0 bridgehead atoms. The van der Waals surface area contributed by atoms with Gasteiger partial charge in [-0.1, -0.05) is 12.8 Å². The largest absolute Gasteiger partial charge is 0.480 e. The van der Waals surface area contributed by atoms with Crippen molar-refractivity contribution in [2.24, 2.45) is 5.92 Å². The molecule has 0 aromatic heterocycles. The highest BCUT2D eigenvalue weighted by molar-refractivity contribution is 5.80. The van der Waals surface area contributed by atoms with Crippen LogP contribution in [0.2, 0.25) is 0 Å². The maximum atomic E-state index is 12.4. The maximum absolute atomic E-state index is 12.4. The number of nitrogens with zero attached hydrogens (tertiary/aromatic N) is 1. The molecule has 6 heteroatoms. The highest BCUT2D eigenvalue weighted by Crippen LogP contribution is 2.24. The Bertz CT molecular complexity index is 363. The number of carboxylic acids is 1. The first-order valence-electron chi connectivity index (χ1n) is 7.94. The molecule has 0 radical (unpaired) electrons. The molecule has 1 atom stereocenters. The Morgan fingerprint density at radius 3 is 2.43 bits per heavy atom. The van der Waals surface area contributed by atoms with Gasteiger partial charge in [-0.15, -0.1) is 0 Å². The van der Waals surface area contributed by atoms with Gasteiger partial charge in [0.15, 0.2) is 0 Å². The predicted octanol–water partition coefficient (Wildman–Crippen LogP) is 1.84. The molecule has 1 heterocycles. The van der Waals surface area contributed by atoms with E-state index in [2.05, 4.69) is 5.32 Å². The third-order valence-corrected chi connectivity index (χ3v) is 4.66. The summed E-state index contributed by atoms with van der Waals surface area (Å²) in [6.07, 6.45) is 5.86. The van der Waals surface area contributed by atoms with E-state index in [4.69, 9.17) is 9.84 Å². The van der Waals surface area contributed by atoms with Gasteiger partial charge in [0, 0.05) is 25.3 Å². The van der Waals surface area contributed by atoms with Gasteiger partial charge in [0.1, 0.15) is 6.54 Å². The SMILES string of the molecule is CC(NC(=O)N(CC(=O)O)C1CCCC1)C1CCOCC1. The number of nitrogens with one attached hydrogen (secondary N) is 1. The Kier molecular flexibility index (Phi) is 5.85. The van der Waals surface area contributed by atoms with Gasteiger partial charge < -0.3 is 20.1 Å². The van der Waals surface area contributed by atoms with Crippen LogP contribution in [0, 0.1) is 5.92 Å². The molecule has 1 aliphatic carbocycles. The van der Waals surface area contributed by atoms with Crippen molar-refractivity contribution in [2.75, 3.05) is 19.8 Å². The van der Waals surface area contributed by atoms with Gasteiger partial charge in [-0.3, -0.25) is 4.79 Å². The van der Waals surface area contributed by atoms with Crippen LogP contribution in [0.15, 0.2) is 0 Å². The lowest BCUT2D eigenvalue weighted by Crippen LogP contribution is -2.51. The second-order valence-corrected chi connectivity index (χ2v) is 6.15. The van der Waals surface area contributed by atoms with E-state index in [1.54, 1.807) is 0 Å². The fourth-order valence-electron chi connectivity index (χ4n) is 3.34. The minimum atomic E-state index is -0.948. The van der Waals surface area contributed by atoms with E-state index in [-0.39, 0.29) is 24.7 Å². The lowest BCUT2D eigenvalue weighted by atomic mass is 9.93. The lowest BCUT2D eigenvalue weighted by molar-refractivity contribution is -0.138. The molecule has 1 saturated heterocycles. The first kappa shape index (κ1) is 16.1. The molecule has 0 spiro atoms. The molecule has 0 aromatic carbocycles. The molecule has 2 N–H and O–H groups in total. The Balaban J connectivity index is 1.91. The van der Waals surface area contributed by atoms with E-state index in [9.17, 15) is 9.59 Å². The van der Waals surface area contributed by atoms with Crippen LogP contribution in [0.4, 0.5) is 4.79 Å². The van der Waals surface area contributed by atoms with E-state index in [1.165, 1.54) is 4.90 Å². The number of hydrogen-bond acceptors (Lipinski definition) is 3. The van der Waals surface area contributed by atoms with Crippen molar-refractivity contribution in [1.29, 1.82) is 0 Å². The summed E-state index contributed by atoms with van der Waals surface area (Å²) in [7, 11) is 0. The topological polar surface area (TPSA) is 78.9 Å². The number of amides is 2. The second-order valence-electron chi connectivity index (χ2n) is 6.15. The smallest absolute Gasteiger partial charge is 0.323 e. The second kappa shape index (κ2) is 7.64. The molecule has 1 unspecified atom stereocenters. The third-order valence-electron chi connectivity index (χ3n) is 4.66. The highest BCUT2D eigenvalue weighted by Gasteiger charge is 2.30. The predicted molar refractivity (Wildman–Crippen MR) is 78.1 cm³/mol. The minimum absolute atomic E-state index is 0.0547. The number of carbonyl (C=O) groups is 2.